The van der Waals surface area contributed by atoms with E-state index in [1.807, 2.05) is 0 Å². The second-order valence-corrected chi connectivity index (χ2v) is 3.81. The molecule has 0 aliphatic rings. The number of hydrogen-bond acceptors (Lipinski definition) is 1. The predicted octanol–water partition coefficient (Wildman–Crippen LogP) is 3.24. The van der Waals surface area contributed by atoms with Crippen LogP contribution in [0.4, 0.5) is 13.2 Å². The third-order valence-corrected chi connectivity index (χ3v) is 2.61. The molecule has 0 saturated heterocycles. The highest BCUT2D eigenvalue weighted by atomic mass is 79.9. The van der Waals surface area contributed by atoms with Crippen LogP contribution >= 0.6 is 15.9 Å². The molecule has 14 heavy (non-hydrogen) atoms. The first-order chi connectivity index (χ1) is 6.36. The first-order valence-corrected chi connectivity index (χ1v) is 4.72. The van der Waals surface area contributed by atoms with Gasteiger partial charge in [0.2, 0.25) is 0 Å². The van der Waals surface area contributed by atoms with E-state index in [9.17, 15) is 13.2 Å². The molecule has 0 atom stereocenters. The predicted molar refractivity (Wildman–Crippen MR) is 51.8 cm³/mol. The summed E-state index contributed by atoms with van der Waals surface area (Å²) in [5.74, 6) is 0. The number of hydrogen-bond donors (Lipinski definition) is 1. The zero-order valence-corrected chi connectivity index (χ0v) is 9.04. The Morgan fingerprint density at radius 3 is 2.36 bits per heavy atom. The summed E-state index contributed by atoms with van der Waals surface area (Å²) in [5.41, 5.74) is 5.92. The molecule has 0 aliphatic carbocycles. The number of rotatable bonds is 1. The summed E-state index contributed by atoms with van der Waals surface area (Å²) < 4.78 is 37.3. The smallest absolute Gasteiger partial charge is 0.326 e. The van der Waals surface area contributed by atoms with Crippen LogP contribution in [0.25, 0.3) is 0 Å². The quantitative estimate of drug-likeness (QED) is 0.831. The molecule has 2 N–H and O–H groups in total. The van der Waals surface area contributed by atoms with Crippen molar-refractivity contribution in [3.8, 4) is 0 Å². The van der Waals surface area contributed by atoms with Crippen LogP contribution in [0.5, 0.6) is 0 Å². The van der Waals surface area contributed by atoms with Gasteiger partial charge in [0, 0.05) is 11.0 Å². The fraction of sp³-hybridized carbons (Fsp3) is 0.333. The normalized spacial score (nSPS) is 11.9. The van der Waals surface area contributed by atoms with Gasteiger partial charge in [-0.1, -0.05) is 15.9 Å². The SMILES string of the molecule is Cc1cc(Br)c(C(F)(F)F)cc1CN. The highest BCUT2D eigenvalue weighted by Crippen LogP contribution is 2.36. The summed E-state index contributed by atoms with van der Waals surface area (Å²) in [6.07, 6.45) is -4.34. The molecule has 0 amide bonds. The monoisotopic (exact) mass is 267 g/mol. The van der Waals surface area contributed by atoms with Gasteiger partial charge in [-0.25, -0.2) is 0 Å². The minimum atomic E-state index is -4.34. The van der Waals surface area contributed by atoms with Gasteiger partial charge in [0.05, 0.1) is 5.56 Å². The maximum absolute atomic E-state index is 12.4. The van der Waals surface area contributed by atoms with E-state index in [1.165, 1.54) is 6.07 Å². The molecule has 0 unspecified atom stereocenters. The zero-order valence-electron chi connectivity index (χ0n) is 7.45. The van der Waals surface area contributed by atoms with Crippen LogP contribution in [0.15, 0.2) is 16.6 Å². The van der Waals surface area contributed by atoms with E-state index in [4.69, 9.17) is 5.73 Å². The molecule has 1 aromatic rings. The molecule has 0 spiro atoms. The van der Waals surface area contributed by atoms with Crippen molar-refractivity contribution in [2.24, 2.45) is 5.73 Å². The molecule has 0 bridgehead atoms. The highest BCUT2D eigenvalue weighted by Gasteiger charge is 2.33. The van der Waals surface area contributed by atoms with Crippen LogP contribution in [-0.2, 0) is 12.7 Å². The van der Waals surface area contributed by atoms with Gasteiger partial charge in [-0.2, -0.15) is 13.2 Å². The number of aryl methyl sites for hydroxylation is 1. The summed E-state index contributed by atoms with van der Waals surface area (Å²) in [5, 5.41) is 0. The molecule has 78 valence electrons. The van der Waals surface area contributed by atoms with Gasteiger partial charge in [-0.05, 0) is 30.2 Å². The Morgan fingerprint density at radius 2 is 1.93 bits per heavy atom. The van der Waals surface area contributed by atoms with Crippen molar-refractivity contribution in [3.05, 3.63) is 33.3 Å². The highest BCUT2D eigenvalue weighted by molar-refractivity contribution is 9.10. The molecule has 0 aliphatic heterocycles. The topological polar surface area (TPSA) is 26.0 Å². The molecule has 0 radical (unpaired) electrons. The zero-order chi connectivity index (χ0) is 10.9. The third-order valence-electron chi connectivity index (χ3n) is 1.95. The van der Waals surface area contributed by atoms with Gasteiger partial charge in [0.15, 0.2) is 0 Å². The van der Waals surface area contributed by atoms with Crippen molar-refractivity contribution in [2.45, 2.75) is 19.6 Å². The van der Waals surface area contributed by atoms with Gasteiger partial charge in [-0.3, -0.25) is 0 Å². The Morgan fingerprint density at radius 1 is 1.36 bits per heavy atom. The van der Waals surface area contributed by atoms with E-state index in [1.54, 1.807) is 6.92 Å². The Balaban J connectivity index is 3.32. The van der Waals surface area contributed by atoms with Gasteiger partial charge in [0.1, 0.15) is 0 Å². The lowest BCUT2D eigenvalue weighted by Crippen LogP contribution is -2.09. The first-order valence-electron chi connectivity index (χ1n) is 3.92. The Labute approximate surface area is 88.2 Å². The van der Waals surface area contributed by atoms with E-state index in [2.05, 4.69) is 15.9 Å². The molecule has 0 fully saturated rings. The van der Waals surface area contributed by atoms with Gasteiger partial charge < -0.3 is 5.73 Å². The van der Waals surface area contributed by atoms with Gasteiger partial charge in [-0.15, -0.1) is 0 Å². The standard InChI is InChI=1S/C9H9BrF3N/c1-5-2-8(10)7(9(11,12)13)3-6(5)4-14/h2-3H,4,14H2,1H3. The molecule has 1 nitrogen and oxygen atoms in total. The second kappa shape index (κ2) is 3.90. The summed E-state index contributed by atoms with van der Waals surface area (Å²) in [4.78, 5) is 0. The maximum atomic E-state index is 12.4. The minimum Gasteiger partial charge on any atom is -0.326 e. The average Bonchev–Trinajstić information content (AvgIpc) is 2.02. The Bertz CT molecular complexity index is 347. The van der Waals surface area contributed by atoms with E-state index < -0.39 is 11.7 Å². The average molecular weight is 268 g/mol. The molecule has 1 aromatic carbocycles. The van der Waals surface area contributed by atoms with Crippen LogP contribution in [0.2, 0.25) is 0 Å². The number of nitrogens with two attached hydrogens (primary N) is 1. The van der Waals surface area contributed by atoms with E-state index in [0.29, 0.717) is 5.56 Å². The number of halogens is 4. The molecule has 5 heteroatoms. The van der Waals surface area contributed by atoms with Crippen LogP contribution in [0.1, 0.15) is 16.7 Å². The lowest BCUT2D eigenvalue weighted by molar-refractivity contribution is -0.138. The van der Waals surface area contributed by atoms with Crippen molar-refractivity contribution in [1.29, 1.82) is 0 Å². The lowest BCUT2D eigenvalue weighted by atomic mass is 10.0. The summed E-state index contributed by atoms with van der Waals surface area (Å²) in [6, 6.07) is 2.52. The second-order valence-electron chi connectivity index (χ2n) is 2.96. The molecule has 1 rings (SSSR count). The van der Waals surface area contributed by atoms with Crippen molar-refractivity contribution >= 4 is 15.9 Å². The fourth-order valence-electron chi connectivity index (χ4n) is 1.15. The van der Waals surface area contributed by atoms with Crippen LogP contribution in [0, 0.1) is 6.92 Å². The van der Waals surface area contributed by atoms with E-state index in [-0.39, 0.29) is 11.0 Å². The molecule has 0 saturated carbocycles. The van der Waals surface area contributed by atoms with E-state index >= 15 is 0 Å². The fourth-order valence-corrected chi connectivity index (χ4v) is 1.84. The Hall–Kier alpha value is -0.550. The van der Waals surface area contributed by atoms with Crippen molar-refractivity contribution in [2.75, 3.05) is 0 Å². The third kappa shape index (κ3) is 2.27. The largest absolute Gasteiger partial charge is 0.417 e. The minimum absolute atomic E-state index is 0.0553. The summed E-state index contributed by atoms with van der Waals surface area (Å²) in [6.45, 7) is 1.84. The summed E-state index contributed by atoms with van der Waals surface area (Å²) in [7, 11) is 0. The van der Waals surface area contributed by atoms with Gasteiger partial charge in [0.25, 0.3) is 0 Å². The van der Waals surface area contributed by atoms with Crippen LogP contribution in [0.3, 0.4) is 0 Å². The maximum Gasteiger partial charge on any atom is 0.417 e. The molecular formula is C9H9BrF3N. The van der Waals surface area contributed by atoms with Crippen molar-refractivity contribution < 1.29 is 13.2 Å². The number of alkyl halides is 3. The van der Waals surface area contributed by atoms with Crippen LogP contribution < -0.4 is 5.73 Å². The van der Waals surface area contributed by atoms with Crippen LogP contribution in [-0.4, -0.2) is 0 Å². The lowest BCUT2D eigenvalue weighted by Gasteiger charge is -2.12. The molecular weight excluding hydrogens is 259 g/mol. The van der Waals surface area contributed by atoms with Crippen molar-refractivity contribution in [3.63, 3.8) is 0 Å². The Kier molecular flexibility index (Phi) is 3.21. The first kappa shape index (κ1) is 11.5. The molecule has 0 aromatic heterocycles. The van der Waals surface area contributed by atoms with Gasteiger partial charge >= 0.3 is 6.18 Å². The molecule has 0 heterocycles. The van der Waals surface area contributed by atoms with E-state index in [0.717, 1.165) is 11.6 Å². The van der Waals surface area contributed by atoms with Crippen molar-refractivity contribution in [1.82, 2.24) is 0 Å². The number of benzene rings is 1. The summed E-state index contributed by atoms with van der Waals surface area (Å²) >= 11 is 2.89.